The number of aromatic nitrogens is 1. The Kier molecular flexibility index (Phi) is 1.01. The monoisotopic (exact) mass is 110 g/mol. The number of hydrogen-bond acceptors (Lipinski definition) is 1. The van der Waals surface area contributed by atoms with Crippen molar-refractivity contribution in [3.05, 3.63) is 18.0 Å². The summed E-state index contributed by atoms with van der Waals surface area (Å²) >= 11 is 0. The van der Waals surface area contributed by atoms with Crippen LogP contribution in [0.2, 0.25) is 0 Å². The van der Waals surface area contributed by atoms with Crippen molar-refractivity contribution < 1.29 is 0 Å². The molecule has 0 atom stereocenters. The fraction of sp³-hybridized carbons (Fsp3) is 0.333. The second-order valence-corrected chi connectivity index (χ2v) is 2.03. The highest BCUT2D eigenvalue weighted by atomic mass is 14.9. The maximum atomic E-state index is 5.46. The SMILES string of the molecule is Cc1cc(N)cn1C. The highest BCUT2D eigenvalue weighted by molar-refractivity contribution is 5.37. The Hall–Kier alpha value is -0.920. The third-order valence-corrected chi connectivity index (χ3v) is 1.27. The Bertz CT molecular complexity index is 169. The van der Waals surface area contributed by atoms with Crippen molar-refractivity contribution in [1.29, 1.82) is 0 Å². The van der Waals surface area contributed by atoms with Crippen LogP contribution in [0.3, 0.4) is 0 Å². The van der Waals surface area contributed by atoms with Gasteiger partial charge in [-0.05, 0) is 13.0 Å². The highest BCUT2D eigenvalue weighted by Crippen LogP contribution is 2.05. The molecular weight excluding hydrogens is 100 g/mol. The molecule has 1 aromatic rings. The van der Waals surface area contributed by atoms with E-state index in [-0.39, 0.29) is 0 Å². The van der Waals surface area contributed by atoms with Crippen molar-refractivity contribution in [3.8, 4) is 0 Å². The van der Waals surface area contributed by atoms with Gasteiger partial charge in [-0.25, -0.2) is 0 Å². The molecule has 0 bridgehead atoms. The first-order valence-electron chi connectivity index (χ1n) is 2.58. The molecule has 1 aromatic heterocycles. The van der Waals surface area contributed by atoms with Gasteiger partial charge in [0.15, 0.2) is 0 Å². The molecule has 0 radical (unpaired) electrons. The smallest absolute Gasteiger partial charge is 0.0496 e. The Morgan fingerprint density at radius 3 is 2.38 bits per heavy atom. The van der Waals surface area contributed by atoms with Crippen molar-refractivity contribution in [2.45, 2.75) is 6.92 Å². The topological polar surface area (TPSA) is 30.9 Å². The summed E-state index contributed by atoms with van der Waals surface area (Å²) in [4.78, 5) is 0. The van der Waals surface area contributed by atoms with Crippen molar-refractivity contribution in [2.24, 2.45) is 7.05 Å². The van der Waals surface area contributed by atoms with E-state index in [0.29, 0.717) is 0 Å². The van der Waals surface area contributed by atoms with Crippen molar-refractivity contribution in [1.82, 2.24) is 4.57 Å². The van der Waals surface area contributed by atoms with Gasteiger partial charge in [-0.15, -0.1) is 0 Å². The summed E-state index contributed by atoms with van der Waals surface area (Å²) in [7, 11) is 1.98. The number of nitrogen functional groups attached to an aromatic ring is 1. The van der Waals surface area contributed by atoms with E-state index in [1.807, 2.05) is 30.8 Å². The third kappa shape index (κ3) is 0.689. The van der Waals surface area contributed by atoms with Crippen LogP contribution in [-0.4, -0.2) is 4.57 Å². The lowest BCUT2D eigenvalue weighted by molar-refractivity contribution is 0.883. The molecule has 0 aromatic carbocycles. The van der Waals surface area contributed by atoms with Gasteiger partial charge in [0.05, 0.1) is 0 Å². The Labute approximate surface area is 48.9 Å². The number of rotatable bonds is 0. The second-order valence-electron chi connectivity index (χ2n) is 2.03. The van der Waals surface area contributed by atoms with E-state index in [9.17, 15) is 0 Å². The zero-order chi connectivity index (χ0) is 6.15. The van der Waals surface area contributed by atoms with E-state index >= 15 is 0 Å². The van der Waals surface area contributed by atoms with Gasteiger partial charge < -0.3 is 10.3 Å². The van der Waals surface area contributed by atoms with Crippen LogP contribution in [0, 0.1) is 6.92 Å². The molecule has 0 aliphatic heterocycles. The normalized spacial score (nSPS) is 9.75. The highest BCUT2D eigenvalue weighted by Gasteiger charge is 1.90. The minimum absolute atomic E-state index is 0.838. The number of nitrogens with two attached hydrogens (primary N) is 1. The van der Waals surface area contributed by atoms with Crippen LogP contribution >= 0.6 is 0 Å². The maximum absolute atomic E-state index is 5.46. The number of anilines is 1. The van der Waals surface area contributed by atoms with Crippen molar-refractivity contribution >= 4 is 5.69 Å². The van der Waals surface area contributed by atoms with E-state index in [1.54, 1.807) is 0 Å². The summed E-state index contributed by atoms with van der Waals surface area (Å²) in [6.07, 6.45) is 1.90. The molecule has 8 heavy (non-hydrogen) atoms. The van der Waals surface area contributed by atoms with Gasteiger partial charge in [-0.2, -0.15) is 0 Å². The summed E-state index contributed by atoms with van der Waals surface area (Å²) in [6.45, 7) is 2.02. The van der Waals surface area contributed by atoms with Gasteiger partial charge >= 0.3 is 0 Å². The van der Waals surface area contributed by atoms with E-state index < -0.39 is 0 Å². The van der Waals surface area contributed by atoms with Crippen molar-refractivity contribution in [2.75, 3.05) is 5.73 Å². The molecule has 0 saturated heterocycles. The summed E-state index contributed by atoms with van der Waals surface area (Å²) in [5, 5.41) is 0. The molecule has 0 aliphatic rings. The maximum Gasteiger partial charge on any atom is 0.0496 e. The molecule has 0 saturated carbocycles. The first-order chi connectivity index (χ1) is 3.70. The summed E-state index contributed by atoms with van der Waals surface area (Å²) in [6, 6.07) is 1.94. The predicted molar refractivity (Wildman–Crippen MR) is 34.6 cm³/mol. The Balaban J connectivity index is 3.14. The van der Waals surface area contributed by atoms with Gasteiger partial charge in [-0.3, -0.25) is 0 Å². The van der Waals surface area contributed by atoms with Crippen LogP contribution in [0.1, 0.15) is 5.69 Å². The Morgan fingerprint density at radius 1 is 1.62 bits per heavy atom. The number of hydrogen-bond donors (Lipinski definition) is 1. The molecule has 0 spiro atoms. The van der Waals surface area contributed by atoms with Crippen molar-refractivity contribution in [3.63, 3.8) is 0 Å². The lowest BCUT2D eigenvalue weighted by Gasteiger charge is -1.89. The molecule has 0 amide bonds. The van der Waals surface area contributed by atoms with Gasteiger partial charge in [0.2, 0.25) is 0 Å². The van der Waals surface area contributed by atoms with Crippen LogP contribution in [0.5, 0.6) is 0 Å². The fourth-order valence-corrected chi connectivity index (χ4v) is 0.706. The summed E-state index contributed by atoms with van der Waals surface area (Å²) in [5.74, 6) is 0. The molecule has 2 N–H and O–H groups in total. The standard InChI is InChI=1S/C6H10N2/c1-5-3-6(7)4-8(5)2/h3-4H,7H2,1-2H3. The first-order valence-corrected chi connectivity index (χ1v) is 2.58. The van der Waals surface area contributed by atoms with Crippen LogP contribution in [0.4, 0.5) is 5.69 Å². The molecule has 1 rings (SSSR count). The average molecular weight is 110 g/mol. The van der Waals surface area contributed by atoms with E-state index in [4.69, 9.17) is 5.73 Å². The third-order valence-electron chi connectivity index (χ3n) is 1.27. The lowest BCUT2D eigenvalue weighted by atomic mass is 10.4. The molecule has 0 fully saturated rings. The zero-order valence-electron chi connectivity index (χ0n) is 5.18. The molecule has 2 heteroatoms. The summed E-state index contributed by atoms with van der Waals surface area (Å²) < 4.78 is 2.00. The molecule has 1 heterocycles. The van der Waals surface area contributed by atoms with Gasteiger partial charge in [0, 0.05) is 24.6 Å². The fourth-order valence-electron chi connectivity index (χ4n) is 0.706. The number of nitrogens with zero attached hydrogens (tertiary/aromatic N) is 1. The molecule has 0 aliphatic carbocycles. The van der Waals surface area contributed by atoms with Crippen LogP contribution in [0.15, 0.2) is 12.3 Å². The summed E-state index contributed by atoms with van der Waals surface area (Å²) in [5.41, 5.74) is 7.49. The minimum atomic E-state index is 0.838. The quantitative estimate of drug-likeness (QED) is 0.529. The molecular formula is C6H10N2. The average Bonchev–Trinajstić information content (AvgIpc) is 1.85. The number of aryl methyl sites for hydroxylation is 2. The van der Waals surface area contributed by atoms with E-state index in [1.165, 1.54) is 5.69 Å². The Morgan fingerprint density at radius 2 is 2.25 bits per heavy atom. The largest absolute Gasteiger partial charge is 0.397 e. The zero-order valence-corrected chi connectivity index (χ0v) is 5.18. The molecule has 0 unspecified atom stereocenters. The minimum Gasteiger partial charge on any atom is -0.397 e. The van der Waals surface area contributed by atoms with Gasteiger partial charge in [0.1, 0.15) is 0 Å². The van der Waals surface area contributed by atoms with Gasteiger partial charge in [-0.1, -0.05) is 0 Å². The molecule has 44 valence electrons. The van der Waals surface area contributed by atoms with Crippen LogP contribution in [0.25, 0.3) is 0 Å². The van der Waals surface area contributed by atoms with Crippen LogP contribution in [-0.2, 0) is 7.05 Å². The van der Waals surface area contributed by atoms with Crippen LogP contribution < -0.4 is 5.73 Å². The predicted octanol–water partition coefficient (Wildman–Crippen LogP) is 0.916. The lowest BCUT2D eigenvalue weighted by Crippen LogP contribution is -1.85. The van der Waals surface area contributed by atoms with Gasteiger partial charge in [0.25, 0.3) is 0 Å². The van der Waals surface area contributed by atoms with E-state index in [2.05, 4.69) is 0 Å². The first kappa shape index (κ1) is 5.22. The van der Waals surface area contributed by atoms with E-state index in [0.717, 1.165) is 5.69 Å². The molecule has 2 nitrogen and oxygen atoms in total. The second kappa shape index (κ2) is 1.54.